The van der Waals surface area contributed by atoms with Crippen molar-refractivity contribution in [2.75, 3.05) is 16.0 Å². The third kappa shape index (κ3) is 18.2. The first-order valence-corrected chi connectivity index (χ1v) is 38.5. The van der Waals surface area contributed by atoms with Crippen LogP contribution in [0.25, 0.3) is 67.4 Å². The Balaban J connectivity index is 0.000000149. The van der Waals surface area contributed by atoms with E-state index in [4.69, 9.17) is 62.6 Å². The average molecular weight is 1590 g/mol. The molecule has 12 aromatic rings. The van der Waals surface area contributed by atoms with Gasteiger partial charge in [0.2, 0.25) is 0 Å². The van der Waals surface area contributed by atoms with Crippen molar-refractivity contribution in [1.82, 2.24) is 15.5 Å². The minimum Gasteiger partial charge on any atom is -0.481 e. The highest BCUT2D eigenvalue weighted by atomic mass is 35.5. The van der Waals surface area contributed by atoms with Crippen molar-refractivity contribution in [2.24, 2.45) is 0 Å². The number of hydrogen-bond acceptors (Lipinski definition) is 15. The number of carboxylic acid groups (broad SMARTS) is 3. The molecule has 3 amide bonds. The molecule has 6 atom stereocenters. The van der Waals surface area contributed by atoms with Gasteiger partial charge in [-0.3, -0.25) is 30.3 Å². The SMILES string of the molecule is Cc1noc(-c2ccc(-c3ccc4c(c3)CCCC4C(=O)O)cc2)c1NC(=O)O[C@H](C)c1ccccc1Cl.Cc1noc(-c2ccc(-c3ccc4c(c3)CCCC4C(=O)O)cc2)c1NC(=O)O[C@H](C)c1ccccc1Cl.Cc1noc(-c2ccc(-c3ccc4c(c3)CCCC4C(=O)O)cc2)c1NC(=O)O[C@H](C)c1ccccc1Cl. The van der Waals surface area contributed by atoms with E-state index < -0.39 is 72.3 Å². The van der Waals surface area contributed by atoms with E-state index in [1.54, 1.807) is 59.7 Å². The van der Waals surface area contributed by atoms with Crippen LogP contribution >= 0.6 is 34.8 Å². The highest BCUT2D eigenvalue weighted by molar-refractivity contribution is 6.32. The lowest BCUT2D eigenvalue weighted by Crippen LogP contribution is -2.17. The van der Waals surface area contributed by atoms with Crippen molar-refractivity contribution in [2.45, 2.75) is 135 Å². The number of nitrogens with one attached hydrogen (secondary N) is 3. The Morgan fingerprint density at radius 1 is 0.360 bits per heavy atom. The highest BCUT2D eigenvalue weighted by Gasteiger charge is 2.31. The zero-order chi connectivity index (χ0) is 80.4. The molecular formula is C90H81Cl3N6O15. The number of carbonyl (C=O) groups excluding carboxylic acids is 3. The van der Waals surface area contributed by atoms with Gasteiger partial charge < -0.3 is 43.1 Å². The van der Waals surface area contributed by atoms with E-state index in [0.717, 1.165) is 122 Å². The molecule has 0 saturated heterocycles. The first-order valence-electron chi connectivity index (χ1n) is 37.4. The lowest BCUT2D eigenvalue weighted by atomic mass is 9.81. The molecule has 0 saturated carbocycles. The van der Waals surface area contributed by atoms with Crippen LogP contribution in [0.4, 0.5) is 31.4 Å². The van der Waals surface area contributed by atoms with E-state index in [2.05, 4.69) is 49.6 Å². The van der Waals surface area contributed by atoms with Crippen LogP contribution < -0.4 is 16.0 Å². The fraction of sp³-hybridized carbons (Fsp3) is 0.233. The molecule has 0 radical (unpaired) electrons. The van der Waals surface area contributed by atoms with Gasteiger partial charge in [-0.05, 0) is 184 Å². The molecule has 6 N–H and O–H groups in total. The Bertz CT molecular complexity index is 5020. The number of benzene rings is 9. The molecule has 0 fully saturated rings. The molecule has 0 spiro atoms. The molecule has 3 unspecified atom stereocenters. The molecule has 3 aromatic heterocycles. The second-order valence-electron chi connectivity index (χ2n) is 28.3. The molecular weight excluding hydrogens is 1510 g/mol. The molecule has 9 aromatic carbocycles. The number of fused-ring (bicyclic) bond motifs is 3. The number of anilines is 3. The number of halogens is 3. The van der Waals surface area contributed by atoms with Crippen LogP contribution in [0.5, 0.6) is 0 Å². The standard InChI is InChI=1S/3C30H27ClN2O5/c3*1-17-27(32-30(36)37-18(2)23-7-3-4-9-26(23)31)28(38-33-17)20-12-10-19(11-13-20)21-14-15-24-22(16-21)6-5-8-25(24)29(34)35/h3*3-4,7,9-16,18,25H,5-6,8H2,1-2H3,(H,32,36)(H,34,35)/t3*18-,25?/m111/s1. The van der Waals surface area contributed by atoms with E-state index >= 15 is 0 Å². The van der Waals surface area contributed by atoms with Gasteiger partial charge >= 0.3 is 36.2 Å². The first kappa shape index (κ1) is 79.8. The molecule has 3 aliphatic carbocycles. The van der Waals surface area contributed by atoms with E-state index in [0.29, 0.717) is 102 Å². The summed E-state index contributed by atoms with van der Waals surface area (Å²) in [6, 6.07) is 62.8. The van der Waals surface area contributed by atoms with Crippen molar-refractivity contribution in [3.63, 3.8) is 0 Å². The largest absolute Gasteiger partial charge is 0.481 e. The lowest BCUT2D eigenvalue weighted by Gasteiger charge is -2.23. The summed E-state index contributed by atoms with van der Waals surface area (Å²) >= 11 is 18.7. The number of aromatic nitrogens is 3. The monoisotopic (exact) mass is 1590 g/mol. The molecule has 15 rings (SSSR count). The number of rotatable bonds is 18. The molecule has 3 heterocycles. The van der Waals surface area contributed by atoms with Crippen LogP contribution in [0.1, 0.15) is 163 Å². The maximum absolute atomic E-state index is 12.7. The predicted molar refractivity (Wildman–Crippen MR) is 436 cm³/mol. The Morgan fingerprint density at radius 2 is 0.596 bits per heavy atom. The third-order valence-electron chi connectivity index (χ3n) is 20.9. The third-order valence-corrected chi connectivity index (χ3v) is 21.9. The number of hydrogen-bond donors (Lipinski definition) is 6. The van der Waals surface area contributed by atoms with E-state index in [9.17, 15) is 44.1 Å². The summed E-state index contributed by atoms with van der Waals surface area (Å²) in [5.41, 5.74) is 19.3. The van der Waals surface area contributed by atoms with Crippen LogP contribution in [0, 0.1) is 20.8 Å². The van der Waals surface area contributed by atoms with Gasteiger partial charge in [-0.25, -0.2) is 14.4 Å². The fourth-order valence-corrected chi connectivity index (χ4v) is 15.7. The Labute approximate surface area is 672 Å². The summed E-state index contributed by atoms with van der Waals surface area (Å²) in [4.78, 5) is 72.9. The van der Waals surface area contributed by atoms with Gasteiger partial charge in [-0.15, -0.1) is 0 Å². The molecule has 114 heavy (non-hydrogen) atoms. The first-order chi connectivity index (χ1) is 54.9. The molecule has 24 heteroatoms. The second kappa shape index (κ2) is 35.6. The Morgan fingerprint density at radius 3 is 0.842 bits per heavy atom. The van der Waals surface area contributed by atoms with Crippen LogP contribution in [-0.2, 0) is 47.9 Å². The van der Waals surface area contributed by atoms with Crippen LogP contribution in [0.2, 0.25) is 15.1 Å². The number of ether oxygens (including phenoxy) is 3. The van der Waals surface area contributed by atoms with Gasteiger partial charge in [0.15, 0.2) is 17.3 Å². The number of carboxylic acids is 3. The maximum Gasteiger partial charge on any atom is 0.412 e. The number of nitrogens with zero attached hydrogens (tertiary/aromatic N) is 3. The molecule has 3 aliphatic rings. The van der Waals surface area contributed by atoms with Gasteiger partial charge in [0, 0.05) is 48.4 Å². The van der Waals surface area contributed by atoms with Crippen LogP contribution in [0.15, 0.2) is 214 Å². The molecule has 582 valence electrons. The van der Waals surface area contributed by atoms with E-state index in [1.807, 2.05) is 164 Å². The summed E-state index contributed by atoms with van der Waals surface area (Å²) in [5.74, 6) is -2.34. The summed E-state index contributed by atoms with van der Waals surface area (Å²) in [6.07, 6.45) is 3.69. The topological polar surface area (TPSA) is 305 Å². The van der Waals surface area contributed by atoms with Crippen molar-refractivity contribution < 1.29 is 71.9 Å². The van der Waals surface area contributed by atoms with E-state index in [1.165, 1.54) is 0 Å². The number of carbonyl (C=O) groups is 6. The highest BCUT2D eigenvalue weighted by Crippen LogP contribution is 2.42. The van der Waals surface area contributed by atoms with Gasteiger partial charge in [0.25, 0.3) is 0 Å². The van der Waals surface area contributed by atoms with Gasteiger partial charge in [0.1, 0.15) is 52.5 Å². The van der Waals surface area contributed by atoms with Gasteiger partial charge in [-0.1, -0.05) is 232 Å². The van der Waals surface area contributed by atoms with Gasteiger partial charge in [-0.2, -0.15) is 0 Å². The van der Waals surface area contributed by atoms with Crippen LogP contribution in [-0.4, -0.2) is 67.0 Å². The second-order valence-corrected chi connectivity index (χ2v) is 29.5. The minimum absolute atomic E-state index is 0.422. The lowest BCUT2D eigenvalue weighted by molar-refractivity contribution is -0.140. The van der Waals surface area contributed by atoms with Gasteiger partial charge in [0.05, 0.1) is 17.8 Å². The normalized spacial score (nSPS) is 15.4. The maximum atomic E-state index is 12.7. The average Bonchev–Trinajstić information content (AvgIpc) is 1.41. The number of aliphatic carboxylic acids is 3. The fourth-order valence-electron chi connectivity index (χ4n) is 14.8. The zero-order valence-corrected chi connectivity index (χ0v) is 65.4. The summed E-state index contributed by atoms with van der Waals surface area (Å²) in [6.45, 7) is 10.5. The summed E-state index contributed by atoms with van der Waals surface area (Å²) in [7, 11) is 0. The predicted octanol–water partition coefficient (Wildman–Crippen LogP) is 23.4. The molecule has 21 nitrogen and oxygen atoms in total. The minimum atomic E-state index is -0.767. The quantitative estimate of drug-likeness (QED) is 0.0435. The van der Waals surface area contributed by atoms with Crippen LogP contribution in [0.3, 0.4) is 0 Å². The number of amides is 3. The zero-order valence-electron chi connectivity index (χ0n) is 63.1. The Hall–Kier alpha value is -12.3. The summed E-state index contributed by atoms with van der Waals surface area (Å²) < 4.78 is 33.3. The van der Waals surface area contributed by atoms with E-state index in [-0.39, 0.29) is 0 Å². The Kier molecular flexibility index (Phi) is 24.9. The molecule has 0 aliphatic heterocycles. The smallest absolute Gasteiger partial charge is 0.412 e. The van der Waals surface area contributed by atoms with Crippen molar-refractivity contribution >= 4 is 88.1 Å². The van der Waals surface area contributed by atoms with Crippen molar-refractivity contribution in [3.8, 4) is 67.4 Å². The van der Waals surface area contributed by atoms with Crippen molar-refractivity contribution in [1.29, 1.82) is 0 Å². The number of aryl methyl sites for hydroxylation is 6. The molecule has 0 bridgehead atoms. The van der Waals surface area contributed by atoms with Crippen molar-refractivity contribution in [3.05, 3.63) is 282 Å². The summed E-state index contributed by atoms with van der Waals surface area (Å²) in [5, 5.41) is 50.6.